The van der Waals surface area contributed by atoms with E-state index in [4.69, 9.17) is 4.42 Å². The fraction of sp³-hybridized carbons (Fsp3) is 0.0847. The van der Waals surface area contributed by atoms with Gasteiger partial charge in [-0.3, -0.25) is 0 Å². The van der Waals surface area contributed by atoms with E-state index in [0.717, 1.165) is 22.2 Å². The molecule has 3 aliphatic heterocycles. The smallest absolute Gasteiger partial charge is 0.333 e. The molecule has 304 valence electrons. The molecule has 0 amide bonds. The Morgan fingerprint density at radius 3 is 1.89 bits per heavy atom. The molecule has 0 spiro atoms. The highest BCUT2D eigenvalue weighted by Gasteiger charge is 2.55. The highest BCUT2D eigenvalue weighted by Crippen LogP contribution is 2.51. The summed E-state index contributed by atoms with van der Waals surface area (Å²) in [5.41, 5.74) is 18.1. The molecule has 0 N–H and O–H groups in total. The van der Waals surface area contributed by atoms with Gasteiger partial charge in [0.1, 0.15) is 11.2 Å². The van der Waals surface area contributed by atoms with Crippen LogP contribution in [0.5, 0.6) is 0 Å². The van der Waals surface area contributed by atoms with Gasteiger partial charge in [0.2, 0.25) is 0 Å². The Morgan fingerprint density at radius 2 is 1.14 bits per heavy atom. The third-order valence-corrected chi connectivity index (χ3v) is 19.1. The minimum Gasteiger partial charge on any atom is -0.456 e. The van der Waals surface area contributed by atoms with Gasteiger partial charge in [0.05, 0.1) is 5.69 Å². The van der Waals surface area contributed by atoms with Gasteiger partial charge >= 0.3 is 6.85 Å². The summed E-state index contributed by atoms with van der Waals surface area (Å²) in [4.78, 5) is 5.34. The van der Waals surface area contributed by atoms with E-state index in [1.54, 1.807) is 0 Å². The Morgan fingerprint density at radius 1 is 0.484 bits per heavy atom. The number of fused-ring (bicyclic) bond motifs is 10. The Bertz CT molecular complexity index is 3480. The molecule has 0 bridgehead atoms. The minimum atomic E-state index is -2.88. The van der Waals surface area contributed by atoms with Crippen molar-refractivity contribution < 1.29 is 4.42 Å². The Labute approximate surface area is 376 Å². The number of hydrogen-bond donors (Lipinski definition) is 0. The van der Waals surface area contributed by atoms with Gasteiger partial charge in [0.25, 0.3) is 0 Å². The van der Waals surface area contributed by atoms with Crippen molar-refractivity contribution in [1.29, 1.82) is 0 Å². The maximum atomic E-state index is 6.82. The van der Waals surface area contributed by atoms with Crippen molar-refractivity contribution in [3.8, 4) is 22.3 Å². The van der Waals surface area contributed by atoms with Crippen molar-refractivity contribution in [3.05, 3.63) is 211 Å². The maximum Gasteiger partial charge on any atom is 0.333 e. The SMILES string of the molecule is Cc1cc2c3c(c1)N(c1ccc(C(C)(C)C)cc1-c1ccccc1)c1ccc4oc5ccccc5c4c1B3N1c3ccccc3[Si](c3ccccc3)(c3ccccc3)c3cccc-2c31. The number of para-hydroxylation sites is 3. The Kier molecular flexibility index (Phi) is 7.90. The molecule has 3 aliphatic rings. The molecule has 0 saturated heterocycles. The second-order valence-corrected chi connectivity index (χ2v) is 22.6. The van der Waals surface area contributed by atoms with Crippen molar-refractivity contribution >= 4 is 97.0 Å². The lowest BCUT2D eigenvalue weighted by molar-refractivity contribution is 0.590. The lowest BCUT2D eigenvalue weighted by Crippen LogP contribution is -2.79. The van der Waals surface area contributed by atoms with Crippen LogP contribution in [0.4, 0.5) is 28.4 Å². The molecule has 9 aromatic carbocycles. The third-order valence-electron chi connectivity index (χ3n) is 14.3. The van der Waals surface area contributed by atoms with E-state index in [0.29, 0.717) is 0 Å². The molecule has 0 radical (unpaired) electrons. The summed E-state index contributed by atoms with van der Waals surface area (Å²) in [6.07, 6.45) is 0. The lowest BCUT2D eigenvalue weighted by Gasteiger charge is -2.52. The van der Waals surface area contributed by atoms with E-state index in [2.05, 4.69) is 238 Å². The van der Waals surface area contributed by atoms with E-state index in [9.17, 15) is 0 Å². The first-order valence-electron chi connectivity index (χ1n) is 22.5. The molecule has 0 aliphatic carbocycles. The fourth-order valence-corrected chi connectivity index (χ4v) is 16.8. The molecule has 4 heterocycles. The van der Waals surface area contributed by atoms with Gasteiger partial charge in [0, 0.05) is 44.6 Å². The van der Waals surface area contributed by atoms with Crippen LogP contribution in [0.3, 0.4) is 0 Å². The van der Waals surface area contributed by atoms with Crippen LogP contribution in [0, 0.1) is 6.92 Å². The van der Waals surface area contributed by atoms with Crippen LogP contribution in [0.25, 0.3) is 44.2 Å². The largest absolute Gasteiger partial charge is 0.456 e. The van der Waals surface area contributed by atoms with Gasteiger partial charge < -0.3 is 14.1 Å². The predicted molar refractivity (Wildman–Crippen MR) is 273 cm³/mol. The van der Waals surface area contributed by atoms with Gasteiger partial charge in [-0.1, -0.05) is 178 Å². The second kappa shape index (κ2) is 13.6. The van der Waals surface area contributed by atoms with Gasteiger partial charge in [-0.2, -0.15) is 0 Å². The number of aryl methyl sites for hydroxylation is 1. The van der Waals surface area contributed by atoms with Crippen LogP contribution in [-0.2, 0) is 5.41 Å². The molecular formula is C59H45BN2OSi. The van der Waals surface area contributed by atoms with Crippen molar-refractivity contribution in [2.24, 2.45) is 0 Å². The maximum absolute atomic E-state index is 6.82. The minimum absolute atomic E-state index is 0.0293. The summed E-state index contributed by atoms with van der Waals surface area (Å²) in [5, 5.41) is 7.93. The third kappa shape index (κ3) is 5.04. The Hall–Kier alpha value is -7.34. The lowest BCUT2D eigenvalue weighted by atomic mass is 9.42. The van der Waals surface area contributed by atoms with Crippen LogP contribution < -0.4 is 41.4 Å². The van der Waals surface area contributed by atoms with Crippen LogP contribution in [0.2, 0.25) is 0 Å². The molecular weight excluding hydrogens is 792 g/mol. The highest BCUT2D eigenvalue weighted by molar-refractivity contribution is 7.22. The van der Waals surface area contributed by atoms with E-state index < -0.39 is 8.07 Å². The van der Waals surface area contributed by atoms with Gasteiger partial charge in [-0.15, -0.1) is 0 Å². The van der Waals surface area contributed by atoms with Crippen molar-refractivity contribution in [1.82, 2.24) is 0 Å². The van der Waals surface area contributed by atoms with Gasteiger partial charge in [-0.05, 0) is 109 Å². The topological polar surface area (TPSA) is 19.6 Å². The zero-order chi connectivity index (χ0) is 42.9. The molecule has 0 saturated carbocycles. The van der Waals surface area contributed by atoms with Crippen molar-refractivity contribution in [2.75, 3.05) is 9.71 Å². The summed E-state index contributed by atoms with van der Waals surface area (Å²) >= 11 is 0. The molecule has 0 unspecified atom stereocenters. The highest BCUT2D eigenvalue weighted by atomic mass is 28.3. The van der Waals surface area contributed by atoms with Crippen LogP contribution >= 0.6 is 0 Å². The van der Waals surface area contributed by atoms with Gasteiger partial charge in [-0.25, -0.2) is 0 Å². The second-order valence-electron chi connectivity index (χ2n) is 18.9. The zero-order valence-electron chi connectivity index (χ0n) is 36.4. The quantitative estimate of drug-likeness (QED) is 0.165. The molecule has 13 rings (SSSR count). The summed E-state index contributed by atoms with van der Waals surface area (Å²) in [6, 6.07) is 75.5. The first-order valence-corrected chi connectivity index (χ1v) is 24.5. The van der Waals surface area contributed by atoms with Gasteiger partial charge in [0.15, 0.2) is 8.07 Å². The predicted octanol–water partition coefficient (Wildman–Crippen LogP) is 11.3. The van der Waals surface area contributed by atoms with E-state index in [1.807, 2.05) is 0 Å². The van der Waals surface area contributed by atoms with Crippen molar-refractivity contribution in [2.45, 2.75) is 33.1 Å². The number of rotatable bonds is 4. The van der Waals surface area contributed by atoms with E-state index in [1.165, 1.54) is 93.2 Å². The summed E-state index contributed by atoms with van der Waals surface area (Å²) in [6.45, 7) is 9.04. The molecule has 3 nitrogen and oxygen atoms in total. The fourth-order valence-electron chi connectivity index (χ4n) is 11.6. The monoisotopic (exact) mass is 836 g/mol. The van der Waals surface area contributed by atoms with Crippen LogP contribution in [0.1, 0.15) is 31.9 Å². The van der Waals surface area contributed by atoms with Crippen LogP contribution in [0.15, 0.2) is 205 Å². The van der Waals surface area contributed by atoms with E-state index >= 15 is 0 Å². The molecule has 0 atom stereocenters. The molecule has 5 heteroatoms. The number of hydrogen-bond acceptors (Lipinski definition) is 3. The molecule has 64 heavy (non-hydrogen) atoms. The summed E-state index contributed by atoms with van der Waals surface area (Å²) < 4.78 is 6.82. The summed E-state index contributed by atoms with van der Waals surface area (Å²) in [5.74, 6) is 0. The normalized spacial score (nSPS) is 14.3. The molecule has 10 aromatic rings. The molecule has 0 fully saturated rings. The van der Waals surface area contributed by atoms with Crippen LogP contribution in [-0.4, -0.2) is 14.9 Å². The Balaban J connectivity index is 1.21. The number of furan rings is 1. The van der Waals surface area contributed by atoms with E-state index in [-0.39, 0.29) is 12.3 Å². The number of benzene rings is 9. The number of anilines is 5. The zero-order valence-corrected chi connectivity index (χ0v) is 37.4. The summed E-state index contributed by atoms with van der Waals surface area (Å²) in [7, 11) is -2.88. The first-order chi connectivity index (χ1) is 31.3. The van der Waals surface area contributed by atoms with Crippen molar-refractivity contribution in [3.63, 3.8) is 0 Å². The first kappa shape index (κ1) is 37.2. The molecule has 1 aromatic heterocycles. The average molecular weight is 837 g/mol. The average Bonchev–Trinajstić information content (AvgIpc) is 3.72. The number of nitrogens with zero attached hydrogens (tertiary/aromatic N) is 2. The standard InChI is InChI=1S/C59H45BN2OSi/c1-38-35-46-43-26-18-30-54-58(43)62(48-27-15-17-29-53(48)64(54,41-21-10-6-11-22-41)42-23-12-7-13-24-42)60-56(46)50(36-38)61(49-33-34-52-55(57(49)60)44-25-14-16-28-51(44)63-52)47-32-31-40(59(2,3)4)37-45(47)39-19-8-5-9-20-39/h5-37H,1-4H3.